The molecule has 0 radical (unpaired) electrons. The molecule has 2 unspecified atom stereocenters. The lowest BCUT2D eigenvalue weighted by molar-refractivity contribution is 0.107. The van der Waals surface area contributed by atoms with E-state index in [-0.39, 0.29) is 58.0 Å². The quantitative estimate of drug-likeness (QED) is 0.109. The van der Waals surface area contributed by atoms with E-state index >= 15 is 8.78 Å². The number of rotatable bonds is 9. The molecule has 6 heterocycles. The van der Waals surface area contributed by atoms with Crippen LogP contribution in [0.3, 0.4) is 0 Å². The summed E-state index contributed by atoms with van der Waals surface area (Å²) in [5.74, 6) is 1.48. The highest BCUT2D eigenvalue weighted by Gasteiger charge is 2.51. The maximum atomic E-state index is 17.8. The number of fused-ring (bicyclic) bond motifs is 7. The van der Waals surface area contributed by atoms with E-state index in [2.05, 4.69) is 27.2 Å². The second-order valence-electron chi connectivity index (χ2n) is 15.5. The zero-order valence-electron chi connectivity index (χ0n) is 30.4. The maximum Gasteiger partial charge on any atom is 0.319 e. The number of benzene rings is 3. The van der Waals surface area contributed by atoms with Gasteiger partial charge in [-0.15, -0.1) is 6.42 Å². The first-order valence-corrected chi connectivity index (χ1v) is 18.5. The smallest absolute Gasteiger partial charge is 0.319 e. The first kappa shape index (κ1) is 34.8. The molecule has 9 rings (SSSR count). The highest BCUT2D eigenvalue weighted by atomic mass is 19.1. The molecule has 280 valence electrons. The number of hydrogen-bond donors (Lipinski definition) is 1. The van der Waals surface area contributed by atoms with Crippen LogP contribution in [-0.4, -0.2) is 111 Å². The maximum absolute atomic E-state index is 17.8. The number of halogens is 3. The molecule has 0 aliphatic carbocycles. The number of phenolic OH excluding ortho intramolecular Hbond substituents is 1. The number of aromatic hydroxyl groups is 1. The van der Waals surface area contributed by atoms with Crippen molar-refractivity contribution in [1.29, 1.82) is 0 Å². The van der Waals surface area contributed by atoms with E-state index in [1.165, 1.54) is 24.3 Å². The van der Waals surface area contributed by atoms with Crippen LogP contribution in [0.2, 0.25) is 0 Å². The van der Waals surface area contributed by atoms with Gasteiger partial charge < -0.3 is 19.5 Å². The van der Waals surface area contributed by atoms with Gasteiger partial charge in [-0.2, -0.15) is 15.1 Å². The van der Waals surface area contributed by atoms with E-state index in [4.69, 9.17) is 31.0 Å². The van der Waals surface area contributed by atoms with E-state index in [0.717, 1.165) is 44.5 Å². The van der Waals surface area contributed by atoms with Crippen LogP contribution >= 0.6 is 0 Å². The van der Waals surface area contributed by atoms with Gasteiger partial charge in [-0.1, -0.05) is 24.1 Å². The molecule has 4 atom stereocenters. The fourth-order valence-electron chi connectivity index (χ4n) is 9.77. The number of phenols is 1. The fraction of sp³-hybridized carbons (Fsp3) is 0.439. The molecule has 10 nitrogen and oxygen atoms in total. The van der Waals surface area contributed by atoms with Crippen molar-refractivity contribution < 1.29 is 27.8 Å². The lowest BCUT2D eigenvalue weighted by Crippen LogP contribution is -2.54. The predicted molar refractivity (Wildman–Crippen MR) is 202 cm³/mol. The Bertz CT molecular complexity index is 2380. The third-order valence-electron chi connectivity index (χ3n) is 11.9. The average Bonchev–Trinajstić information content (AvgIpc) is 3.83. The van der Waals surface area contributed by atoms with Crippen LogP contribution in [0.4, 0.5) is 19.0 Å². The van der Waals surface area contributed by atoms with Crippen molar-refractivity contribution in [3.63, 3.8) is 0 Å². The van der Waals surface area contributed by atoms with E-state index in [1.54, 1.807) is 18.8 Å². The number of likely N-dealkylation sites (tertiary alicyclic amines) is 1. The van der Waals surface area contributed by atoms with Gasteiger partial charge in [0.05, 0.1) is 16.5 Å². The SMILES string of the molecule is C#Cc1c(F)ccc2cc(O)cc(-c3c(F)c4nc(OC[C@]56CC(=C)CN5C[C@@H](F)C6)nc(N5C6CCC5CN(CCCOC)C6)c4c4cn(C)nc34)c12. The zero-order valence-corrected chi connectivity index (χ0v) is 30.4. The molecular weight excluding hydrogens is 695 g/mol. The number of nitrogens with zero attached hydrogens (tertiary/aromatic N) is 7. The van der Waals surface area contributed by atoms with Gasteiger partial charge in [0, 0.05) is 94.5 Å². The van der Waals surface area contributed by atoms with Crippen molar-refractivity contribution >= 4 is 38.4 Å². The number of ether oxygens (including phenoxy) is 2. The topological polar surface area (TPSA) is 92.0 Å². The molecule has 5 aromatic rings. The molecule has 4 fully saturated rings. The van der Waals surface area contributed by atoms with Gasteiger partial charge in [0.1, 0.15) is 41.2 Å². The third-order valence-corrected chi connectivity index (χ3v) is 11.9. The molecule has 0 spiro atoms. The molecular formula is C41H42F3N7O3. The van der Waals surface area contributed by atoms with Gasteiger partial charge in [0.15, 0.2) is 5.82 Å². The van der Waals surface area contributed by atoms with Crippen LogP contribution in [0.15, 0.2) is 42.6 Å². The Morgan fingerprint density at radius 1 is 1.09 bits per heavy atom. The Morgan fingerprint density at radius 2 is 1.89 bits per heavy atom. The van der Waals surface area contributed by atoms with Crippen molar-refractivity contribution in [3.05, 3.63) is 59.8 Å². The predicted octanol–water partition coefficient (Wildman–Crippen LogP) is 6.11. The number of terminal acetylenes is 1. The zero-order chi connectivity index (χ0) is 37.5. The summed E-state index contributed by atoms with van der Waals surface area (Å²) < 4.78 is 61.2. The normalized spacial score (nSPS) is 24.3. The van der Waals surface area contributed by atoms with E-state index < -0.39 is 23.3 Å². The molecule has 13 heteroatoms. The summed E-state index contributed by atoms with van der Waals surface area (Å²) >= 11 is 0. The molecule has 54 heavy (non-hydrogen) atoms. The Labute approximate surface area is 311 Å². The molecule has 0 amide bonds. The lowest BCUT2D eigenvalue weighted by atomic mass is 9.91. The Hall–Kier alpha value is -4.90. The number of hydrogen-bond acceptors (Lipinski definition) is 9. The van der Waals surface area contributed by atoms with Gasteiger partial charge in [-0.05, 0) is 54.8 Å². The average molecular weight is 738 g/mol. The molecule has 4 saturated heterocycles. The second-order valence-corrected chi connectivity index (χ2v) is 15.5. The Morgan fingerprint density at radius 3 is 2.65 bits per heavy atom. The number of aryl methyl sites for hydroxylation is 1. The third kappa shape index (κ3) is 5.57. The standard InChI is InChI=1S/C41H42F3N7O3/c1-5-29-32(43)10-7-24-13-28(52)14-30(33(24)29)34-36(44)38-35(31-21-48(3)47-37(31)34)39(51-26-8-9-27(51)20-49(19-26)11-6-12-53-4)46-40(45-38)54-22-41-15-23(2)17-50(41)18-25(42)16-41/h1,7,10,13-14,21,25-27,52H,2,6,8-9,11-12,15-20,22H2,3-4H3/t25-,26?,27?,41+/m0/s1. The number of anilines is 1. The summed E-state index contributed by atoms with van der Waals surface area (Å²) in [6.45, 7) is 8.42. The fourth-order valence-corrected chi connectivity index (χ4v) is 9.77. The van der Waals surface area contributed by atoms with Crippen LogP contribution in [0.5, 0.6) is 11.8 Å². The van der Waals surface area contributed by atoms with Gasteiger partial charge in [0.2, 0.25) is 0 Å². The molecule has 0 saturated carbocycles. The molecule has 3 aromatic carbocycles. The van der Waals surface area contributed by atoms with Gasteiger partial charge >= 0.3 is 6.01 Å². The van der Waals surface area contributed by atoms with E-state index in [1.807, 2.05) is 6.20 Å². The van der Waals surface area contributed by atoms with E-state index in [9.17, 15) is 9.50 Å². The summed E-state index contributed by atoms with van der Waals surface area (Å²) in [7, 11) is 3.46. The molecule has 2 aromatic heterocycles. The van der Waals surface area contributed by atoms with Crippen molar-refractivity contribution in [2.24, 2.45) is 7.05 Å². The van der Waals surface area contributed by atoms with Crippen LogP contribution in [-0.2, 0) is 11.8 Å². The molecule has 4 aliphatic heterocycles. The molecule has 2 bridgehead atoms. The number of piperazine rings is 1. The monoisotopic (exact) mass is 737 g/mol. The Kier molecular flexibility index (Phi) is 8.48. The summed E-state index contributed by atoms with van der Waals surface area (Å²) in [6, 6.07) is 5.80. The highest BCUT2D eigenvalue weighted by molar-refractivity contribution is 6.18. The van der Waals surface area contributed by atoms with Crippen LogP contribution in [0.1, 0.15) is 37.7 Å². The first-order valence-electron chi connectivity index (χ1n) is 18.5. The number of aromatic nitrogens is 4. The second kappa shape index (κ2) is 13.1. The largest absolute Gasteiger partial charge is 0.508 e. The molecule has 1 N–H and O–H groups in total. The van der Waals surface area contributed by atoms with Crippen molar-refractivity contribution in [2.75, 3.05) is 57.9 Å². The molecule has 4 aliphatic rings. The lowest BCUT2D eigenvalue weighted by Gasteiger charge is -2.42. The summed E-state index contributed by atoms with van der Waals surface area (Å²) in [5, 5.41) is 17.4. The highest BCUT2D eigenvalue weighted by Crippen LogP contribution is 2.47. The minimum absolute atomic E-state index is 0.00237. The van der Waals surface area contributed by atoms with Crippen molar-refractivity contribution in [1.82, 2.24) is 29.5 Å². The summed E-state index contributed by atoms with van der Waals surface area (Å²) in [6.07, 6.45) is 10.4. The van der Waals surface area contributed by atoms with Gasteiger partial charge in [-0.25, -0.2) is 13.2 Å². The van der Waals surface area contributed by atoms with Gasteiger partial charge in [-0.3, -0.25) is 14.5 Å². The minimum atomic E-state index is -0.987. The van der Waals surface area contributed by atoms with Crippen molar-refractivity contribution in [3.8, 4) is 35.2 Å². The van der Waals surface area contributed by atoms with Gasteiger partial charge in [0.25, 0.3) is 0 Å². The number of methoxy groups -OCH3 is 1. The van der Waals surface area contributed by atoms with Crippen molar-refractivity contribution in [2.45, 2.75) is 55.9 Å². The first-order chi connectivity index (χ1) is 26.1. The van der Waals surface area contributed by atoms with Crippen LogP contribution in [0.25, 0.3) is 43.7 Å². The Balaban J connectivity index is 1.25. The minimum Gasteiger partial charge on any atom is -0.508 e. The summed E-state index contributed by atoms with van der Waals surface area (Å²) in [5.41, 5.74) is 0.883. The van der Waals surface area contributed by atoms with Crippen LogP contribution in [0, 0.1) is 24.0 Å². The van der Waals surface area contributed by atoms with E-state index in [0.29, 0.717) is 60.0 Å². The number of alkyl halides is 1. The summed E-state index contributed by atoms with van der Waals surface area (Å²) in [4.78, 5) is 16.7. The van der Waals surface area contributed by atoms with Crippen LogP contribution < -0.4 is 9.64 Å².